The third kappa shape index (κ3) is 8.11. The van der Waals surface area contributed by atoms with Crippen LogP contribution in [0, 0.1) is 10.1 Å². The standard InChI is InChI=1S/C22H16N6O18S5/c23-20-14(26-24-13-4-2-10(47(32,33)34)6-17(13)50(41,42)43)8-15(48(35,36)37)11-7-18(51(44,45)46)21(22(29)19(11)20)27-25-12-3-1-9(28(30)31)5-16(12)49(38,39)40/h1-8,29H,23H2,(H,32,33,34)(H,35,36,37)(H,38,39,40)(H,41,42,43)(H,44,45,46). The summed E-state index contributed by atoms with van der Waals surface area (Å²) in [7, 11) is -26.6. The highest BCUT2D eigenvalue weighted by molar-refractivity contribution is 7.87. The number of non-ortho nitro benzene ring substituents is 1. The van der Waals surface area contributed by atoms with E-state index in [1.807, 2.05) is 0 Å². The summed E-state index contributed by atoms with van der Waals surface area (Å²) < 4.78 is 168. The second-order valence-electron chi connectivity index (χ2n) is 9.62. The van der Waals surface area contributed by atoms with E-state index in [1.165, 1.54) is 0 Å². The number of benzene rings is 4. The number of rotatable bonds is 10. The molecule has 8 N–H and O–H groups in total. The minimum absolute atomic E-state index is 0.269. The first-order valence-electron chi connectivity index (χ1n) is 12.4. The summed E-state index contributed by atoms with van der Waals surface area (Å²) in [6, 6.07) is 3.87. The molecule has 0 saturated carbocycles. The van der Waals surface area contributed by atoms with E-state index in [4.69, 9.17) is 5.73 Å². The number of nitro benzene ring substituents is 1. The van der Waals surface area contributed by atoms with Crippen LogP contribution in [-0.4, -0.2) is 74.9 Å². The fraction of sp³-hybridized carbons (Fsp3) is 0. The van der Waals surface area contributed by atoms with Gasteiger partial charge in [-0.15, -0.1) is 20.5 Å². The van der Waals surface area contributed by atoms with Crippen molar-refractivity contribution in [2.75, 3.05) is 5.73 Å². The minimum atomic E-state index is -5.54. The summed E-state index contributed by atoms with van der Waals surface area (Å²) in [5.41, 5.74) is 0.402. The Morgan fingerprint density at radius 3 is 1.53 bits per heavy atom. The van der Waals surface area contributed by atoms with Crippen LogP contribution < -0.4 is 5.73 Å². The Balaban J connectivity index is 2.08. The summed E-state index contributed by atoms with van der Waals surface area (Å²) in [4.78, 5) is 3.79. The Bertz CT molecular complexity index is 2820. The van der Waals surface area contributed by atoms with Crippen LogP contribution in [0.25, 0.3) is 10.8 Å². The Hall–Kier alpha value is -5.11. The van der Waals surface area contributed by atoms with Crippen LogP contribution in [0.4, 0.5) is 34.1 Å². The molecule has 51 heavy (non-hydrogen) atoms. The lowest BCUT2D eigenvalue weighted by atomic mass is 10.0. The third-order valence-corrected chi connectivity index (χ3v) is 10.7. The van der Waals surface area contributed by atoms with E-state index in [1.54, 1.807) is 0 Å². The van der Waals surface area contributed by atoms with Crippen molar-refractivity contribution in [2.45, 2.75) is 24.5 Å². The molecule has 0 spiro atoms. The molecule has 4 rings (SSSR count). The SMILES string of the molecule is Nc1c(N=Nc2ccc(S(=O)(=O)O)cc2S(=O)(=O)O)cc(S(=O)(=O)O)c2cc(S(=O)(=O)O)c(N=Nc3ccc([N+](=O)[O-])cc3S(=O)(=O)O)c(O)c12. The van der Waals surface area contributed by atoms with Crippen LogP contribution in [0.5, 0.6) is 5.75 Å². The smallest absolute Gasteiger partial charge is 0.297 e. The second-order valence-corrected chi connectivity index (χ2v) is 16.6. The van der Waals surface area contributed by atoms with Crippen molar-refractivity contribution >= 4 is 95.5 Å². The summed E-state index contributed by atoms with van der Waals surface area (Å²) >= 11 is 0. The number of azo groups is 2. The molecule has 24 nitrogen and oxygen atoms in total. The molecule has 0 heterocycles. The highest BCUT2D eigenvalue weighted by atomic mass is 32.2. The molecule has 29 heteroatoms. The summed E-state index contributed by atoms with van der Waals surface area (Å²) in [6.45, 7) is 0. The first-order chi connectivity index (χ1) is 23.1. The fourth-order valence-corrected chi connectivity index (χ4v) is 7.38. The van der Waals surface area contributed by atoms with Gasteiger partial charge < -0.3 is 10.8 Å². The monoisotopic (exact) mass is 812 g/mol. The van der Waals surface area contributed by atoms with Crippen molar-refractivity contribution in [1.29, 1.82) is 0 Å². The lowest BCUT2D eigenvalue weighted by Gasteiger charge is -2.14. The number of nitrogens with two attached hydrogens (primary N) is 1. The van der Waals surface area contributed by atoms with Gasteiger partial charge in [0.1, 0.15) is 42.3 Å². The molecule has 0 fully saturated rings. The Kier molecular flexibility index (Phi) is 9.78. The Morgan fingerprint density at radius 1 is 0.569 bits per heavy atom. The van der Waals surface area contributed by atoms with Crippen molar-refractivity contribution in [3.8, 4) is 5.75 Å². The van der Waals surface area contributed by atoms with Crippen LogP contribution >= 0.6 is 0 Å². The molecule has 0 aliphatic heterocycles. The molecule has 0 aromatic heterocycles. The zero-order valence-corrected chi connectivity index (χ0v) is 28.1. The minimum Gasteiger partial charge on any atom is -0.505 e. The predicted octanol–water partition coefficient (Wildman–Crippen LogP) is 3.10. The maximum absolute atomic E-state index is 12.4. The maximum atomic E-state index is 12.4. The summed E-state index contributed by atoms with van der Waals surface area (Å²) in [5, 5.41) is 34.1. The van der Waals surface area contributed by atoms with Crippen molar-refractivity contribution in [3.05, 3.63) is 58.6 Å². The number of anilines is 1. The topological polar surface area (TPSA) is 411 Å². The number of hydrogen-bond donors (Lipinski definition) is 7. The number of phenols is 1. The van der Waals surface area contributed by atoms with Gasteiger partial charge in [0.05, 0.1) is 20.9 Å². The number of nitrogen functional groups attached to an aromatic ring is 1. The third-order valence-electron chi connectivity index (χ3n) is 6.34. The predicted molar refractivity (Wildman–Crippen MR) is 167 cm³/mol. The number of phenolic OH excluding ortho intramolecular Hbond substituents is 1. The van der Waals surface area contributed by atoms with E-state index >= 15 is 0 Å². The van der Waals surface area contributed by atoms with Crippen LogP contribution in [0.1, 0.15) is 0 Å². The van der Waals surface area contributed by atoms with Gasteiger partial charge in [-0.05, 0) is 36.4 Å². The molecular formula is C22H16N6O18S5. The molecule has 0 aliphatic rings. The van der Waals surface area contributed by atoms with Crippen LogP contribution in [0.3, 0.4) is 0 Å². The zero-order valence-electron chi connectivity index (χ0n) is 24.1. The average molecular weight is 813 g/mol. The van der Waals surface area contributed by atoms with Gasteiger partial charge >= 0.3 is 0 Å². The van der Waals surface area contributed by atoms with Gasteiger partial charge in [0.15, 0.2) is 5.75 Å². The van der Waals surface area contributed by atoms with E-state index < -0.39 is 131 Å². The van der Waals surface area contributed by atoms with Gasteiger partial charge in [0, 0.05) is 17.5 Å². The van der Waals surface area contributed by atoms with Gasteiger partial charge in [0.25, 0.3) is 56.3 Å². The van der Waals surface area contributed by atoms with E-state index in [2.05, 4.69) is 20.5 Å². The van der Waals surface area contributed by atoms with Crippen LogP contribution in [0.2, 0.25) is 0 Å². The molecule has 0 unspecified atom stereocenters. The van der Waals surface area contributed by atoms with Crippen molar-refractivity contribution in [1.82, 2.24) is 0 Å². The average Bonchev–Trinajstić information content (AvgIpc) is 2.97. The quantitative estimate of drug-likeness (QED) is 0.0397. The molecule has 4 aromatic rings. The van der Waals surface area contributed by atoms with Crippen LogP contribution in [0.15, 0.2) is 93.5 Å². The number of fused-ring (bicyclic) bond motifs is 1. The van der Waals surface area contributed by atoms with Gasteiger partial charge in [-0.1, -0.05) is 0 Å². The number of hydrogen-bond acceptors (Lipinski definition) is 18. The highest BCUT2D eigenvalue weighted by Gasteiger charge is 2.29. The first-order valence-corrected chi connectivity index (χ1v) is 19.6. The zero-order chi connectivity index (χ0) is 38.6. The van der Waals surface area contributed by atoms with E-state index in [0.717, 1.165) is 0 Å². The molecule has 0 saturated heterocycles. The van der Waals surface area contributed by atoms with Gasteiger partial charge in [-0.2, -0.15) is 42.1 Å². The van der Waals surface area contributed by atoms with Crippen LogP contribution in [-0.2, 0) is 50.6 Å². The van der Waals surface area contributed by atoms with Crippen molar-refractivity contribution in [3.63, 3.8) is 0 Å². The Morgan fingerprint density at radius 2 is 1.04 bits per heavy atom. The largest absolute Gasteiger partial charge is 0.505 e. The Labute approximate surface area is 284 Å². The van der Waals surface area contributed by atoms with E-state index in [0.29, 0.717) is 42.5 Å². The maximum Gasteiger partial charge on any atom is 0.297 e. The fourth-order valence-electron chi connectivity index (χ4n) is 4.16. The number of aromatic hydroxyl groups is 1. The number of nitro groups is 1. The normalized spacial score (nSPS) is 13.4. The lowest BCUT2D eigenvalue weighted by Crippen LogP contribution is -2.04. The van der Waals surface area contributed by atoms with E-state index in [-0.39, 0.29) is 6.07 Å². The molecule has 0 aliphatic carbocycles. The summed E-state index contributed by atoms with van der Waals surface area (Å²) in [5.74, 6) is -1.46. The summed E-state index contributed by atoms with van der Waals surface area (Å²) in [6.07, 6.45) is 0. The van der Waals surface area contributed by atoms with Crippen molar-refractivity contribution < 1.29 is 74.9 Å². The molecule has 272 valence electrons. The van der Waals surface area contributed by atoms with Gasteiger partial charge in [-0.3, -0.25) is 32.9 Å². The molecule has 4 aromatic carbocycles. The lowest BCUT2D eigenvalue weighted by molar-refractivity contribution is -0.385. The number of nitrogens with zero attached hydrogens (tertiary/aromatic N) is 5. The molecule has 0 radical (unpaired) electrons. The second kappa shape index (κ2) is 12.9. The molecule has 0 atom stereocenters. The first kappa shape index (κ1) is 38.7. The van der Waals surface area contributed by atoms with E-state index in [9.17, 15) is 80.1 Å². The molecular weight excluding hydrogens is 797 g/mol. The van der Waals surface area contributed by atoms with Gasteiger partial charge in [0.2, 0.25) is 0 Å². The molecule has 0 bridgehead atoms. The molecule has 0 amide bonds. The highest BCUT2D eigenvalue weighted by Crippen LogP contribution is 2.48. The van der Waals surface area contributed by atoms with Crippen molar-refractivity contribution in [2.24, 2.45) is 20.5 Å². The van der Waals surface area contributed by atoms with Gasteiger partial charge in [-0.25, -0.2) is 0 Å².